The second-order valence-corrected chi connectivity index (χ2v) is 5.48. The smallest absolute Gasteiger partial charge is 0.137 e. The van der Waals surface area contributed by atoms with Gasteiger partial charge in [0, 0.05) is 15.8 Å². The van der Waals surface area contributed by atoms with Gasteiger partial charge < -0.3 is 5.73 Å². The zero-order valence-corrected chi connectivity index (χ0v) is 11.1. The molecule has 0 aliphatic carbocycles. The van der Waals surface area contributed by atoms with Gasteiger partial charge in [0.15, 0.2) is 0 Å². The zero-order chi connectivity index (χ0) is 13.0. The molecule has 1 atom stereocenters. The van der Waals surface area contributed by atoms with Crippen molar-refractivity contribution in [2.24, 2.45) is 5.73 Å². The van der Waals surface area contributed by atoms with Gasteiger partial charge in [0.2, 0.25) is 0 Å². The van der Waals surface area contributed by atoms with Crippen LogP contribution in [0.25, 0.3) is 0 Å². The molecule has 2 rings (SSSR count). The molecule has 0 aliphatic rings. The van der Waals surface area contributed by atoms with Crippen LogP contribution >= 0.6 is 11.8 Å². The molecule has 0 aromatic heterocycles. The molecule has 2 aromatic rings. The van der Waals surface area contributed by atoms with Crippen LogP contribution in [0.4, 0.5) is 4.39 Å². The van der Waals surface area contributed by atoms with Gasteiger partial charge in [0.25, 0.3) is 0 Å². The standard InChI is InChI=1S/C15H16FNS/c1-11(17)9-12-7-8-15(14(16)10-12)18-13-5-3-2-4-6-13/h2-8,10-11H,9,17H2,1H3. The average Bonchev–Trinajstić information content (AvgIpc) is 2.33. The van der Waals surface area contributed by atoms with Crippen LogP contribution in [0.15, 0.2) is 58.3 Å². The fourth-order valence-corrected chi connectivity index (χ4v) is 2.58. The number of halogens is 1. The lowest BCUT2D eigenvalue weighted by atomic mass is 10.1. The monoisotopic (exact) mass is 261 g/mol. The molecule has 0 amide bonds. The van der Waals surface area contributed by atoms with E-state index in [1.807, 2.05) is 49.4 Å². The molecule has 3 heteroatoms. The summed E-state index contributed by atoms with van der Waals surface area (Å²) in [4.78, 5) is 1.69. The van der Waals surface area contributed by atoms with Gasteiger partial charge in [0.1, 0.15) is 5.82 Å². The number of nitrogens with two attached hydrogens (primary N) is 1. The second kappa shape index (κ2) is 6.03. The number of rotatable bonds is 4. The lowest BCUT2D eigenvalue weighted by Gasteiger charge is -2.08. The number of hydrogen-bond donors (Lipinski definition) is 1. The van der Waals surface area contributed by atoms with E-state index in [0.29, 0.717) is 11.3 Å². The number of hydrogen-bond acceptors (Lipinski definition) is 2. The molecule has 0 radical (unpaired) electrons. The summed E-state index contributed by atoms with van der Waals surface area (Å²) in [5, 5.41) is 0. The van der Waals surface area contributed by atoms with Gasteiger partial charge in [-0.25, -0.2) is 4.39 Å². The van der Waals surface area contributed by atoms with E-state index in [9.17, 15) is 4.39 Å². The van der Waals surface area contributed by atoms with Crippen molar-refractivity contribution >= 4 is 11.8 Å². The largest absolute Gasteiger partial charge is 0.328 e. The van der Waals surface area contributed by atoms with Gasteiger partial charge in [0.05, 0.1) is 0 Å². The number of benzene rings is 2. The summed E-state index contributed by atoms with van der Waals surface area (Å²) in [6.07, 6.45) is 0.702. The molecule has 2 aromatic carbocycles. The highest BCUT2D eigenvalue weighted by atomic mass is 32.2. The maximum Gasteiger partial charge on any atom is 0.137 e. The average molecular weight is 261 g/mol. The first-order valence-corrected chi connectivity index (χ1v) is 6.73. The molecule has 0 bridgehead atoms. The Morgan fingerprint density at radius 2 is 1.89 bits per heavy atom. The lowest BCUT2D eigenvalue weighted by Crippen LogP contribution is -2.17. The van der Waals surface area contributed by atoms with Gasteiger partial charge in [-0.05, 0) is 43.2 Å². The second-order valence-electron chi connectivity index (χ2n) is 4.36. The normalized spacial score (nSPS) is 12.4. The van der Waals surface area contributed by atoms with E-state index in [1.165, 1.54) is 11.8 Å². The summed E-state index contributed by atoms with van der Waals surface area (Å²) in [5.74, 6) is -0.179. The van der Waals surface area contributed by atoms with Gasteiger partial charge in [-0.3, -0.25) is 0 Å². The topological polar surface area (TPSA) is 26.0 Å². The van der Waals surface area contributed by atoms with Crippen LogP contribution in [0.5, 0.6) is 0 Å². The molecule has 94 valence electrons. The Balaban J connectivity index is 2.15. The third-order valence-electron chi connectivity index (χ3n) is 2.52. The summed E-state index contributed by atoms with van der Waals surface area (Å²) in [6.45, 7) is 1.92. The van der Waals surface area contributed by atoms with Gasteiger partial charge in [-0.15, -0.1) is 0 Å². The predicted octanol–water partition coefficient (Wildman–Crippen LogP) is 3.87. The Bertz CT molecular complexity index is 511. The summed E-state index contributed by atoms with van der Waals surface area (Å²) < 4.78 is 13.9. The van der Waals surface area contributed by atoms with Gasteiger partial charge in [-0.2, -0.15) is 0 Å². The van der Waals surface area contributed by atoms with E-state index < -0.39 is 0 Å². The van der Waals surface area contributed by atoms with Crippen LogP contribution < -0.4 is 5.73 Å². The molecule has 0 saturated heterocycles. The first kappa shape index (κ1) is 13.1. The Hall–Kier alpha value is -1.32. The molecule has 1 nitrogen and oxygen atoms in total. The molecule has 0 aliphatic heterocycles. The predicted molar refractivity (Wildman–Crippen MR) is 74.3 cm³/mol. The van der Waals surface area contributed by atoms with E-state index in [0.717, 1.165) is 10.5 Å². The molecule has 2 N–H and O–H groups in total. The summed E-state index contributed by atoms with van der Waals surface area (Å²) in [5.41, 5.74) is 6.65. The van der Waals surface area contributed by atoms with Crippen molar-refractivity contribution in [1.82, 2.24) is 0 Å². The van der Waals surface area contributed by atoms with Crippen LogP contribution in [-0.2, 0) is 6.42 Å². The molecule has 18 heavy (non-hydrogen) atoms. The van der Waals surface area contributed by atoms with Gasteiger partial charge in [-0.1, -0.05) is 36.0 Å². The summed E-state index contributed by atoms with van der Waals surface area (Å²) in [7, 11) is 0. The van der Waals surface area contributed by atoms with E-state index in [-0.39, 0.29) is 11.9 Å². The van der Waals surface area contributed by atoms with Crippen molar-refractivity contribution < 1.29 is 4.39 Å². The van der Waals surface area contributed by atoms with Crippen molar-refractivity contribution in [3.05, 3.63) is 59.9 Å². The van der Waals surface area contributed by atoms with E-state index in [1.54, 1.807) is 6.07 Å². The minimum absolute atomic E-state index is 0.0528. The SMILES string of the molecule is CC(N)Cc1ccc(Sc2ccccc2)c(F)c1. The third kappa shape index (κ3) is 3.59. The Morgan fingerprint density at radius 3 is 2.50 bits per heavy atom. The molecular formula is C15H16FNS. The van der Waals surface area contributed by atoms with Crippen LogP contribution in [0.2, 0.25) is 0 Å². The maximum absolute atomic E-state index is 13.9. The van der Waals surface area contributed by atoms with E-state index >= 15 is 0 Å². The molecular weight excluding hydrogens is 245 g/mol. The van der Waals surface area contributed by atoms with E-state index in [2.05, 4.69) is 0 Å². The maximum atomic E-state index is 13.9. The molecule has 1 unspecified atom stereocenters. The highest BCUT2D eigenvalue weighted by molar-refractivity contribution is 7.99. The van der Waals surface area contributed by atoms with Crippen molar-refractivity contribution in [1.29, 1.82) is 0 Å². The Kier molecular flexibility index (Phi) is 4.39. The Labute approximate surface area is 111 Å². The first-order chi connectivity index (χ1) is 8.65. The van der Waals surface area contributed by atoms with Crippen molar-refractivity contribution in [2.45, 2.75) is 29.2 Å². The van der Waals surface area contributed by atoms with E-state index in [4.69, 9.17) is 5.73 Å². The third-order valence-corrected chi connectivity index (χ3v) is 3.58. The highest BCUT2D eigenvalue weighted by Gasteiger charge is 2.06. The van der Waals surface area contributed by atoms with Crippen molar-refractivity contribution in [2.75, 3.05) is 0 Å². The van der Waals surface area contributed by atoms with Crippen LogP contribution in [0, 0.1) is 5.82 Å². The summed E-state index contributed by atoms with van der Waals surface area (Å²) in [6, 6.07) is 15.2. The van der Waals surface area contributed by atoms with Crippen LogP contribution in [0.1, 0.15) is 12.5 Å². The van der Waals surface area contributed by atoms with Crippen molar-refractivity contribution in [3.8, 4) is 0 Å². The minimum Gasteiger partial charge on any atom is -0.328 e. The van der Waals surface area contributed by atoms with Crippen LogP contribution in [0.3, 0.4) is 0 Å². The molecule has 0 fully saturated rings. The fourth-order valence-electron chi connectivity index (χ4n) is 1.74. The zero-order valence-electron chi connectivity index (χ0n) is 10.3. The van der Waals surface area contributed by atoms with Crippen molar-refractivity contribution in [3.63, 3.8) is 0 Å². The Morgan fingerprint density at radius 1 is 1.17 bits per heavy atom. The summed E-state index contributed by atoms with van der Waals surface area (Å²) >= 11 is 1.44. The molecule has 0 saturated carbocycles. The molecule has 0 spiro atoms. The minimum atomic E-state index is -0.179. The lowest BCUT2D eigenvalue weighted by molar-refractivity contribution is 0.597. The highest BCUT2D eigenvalue weighted by Crippen LogP contribution is 2.30. The molecule has 0 heterocycles. The first-order valence-electron chi connectivity index (χ1n) is 5.92. The quantitative estimate of drug-likeness (QED) is 0.904. The van der Waals surface area contributed by atoms with Gasteiger partial charge >= 0.3 is 0 Å². The van der Waals surface area contributed by atoms with Crippen LogP contribution in [-0.4, -0.2) is 6.04 Å². The fraction of sp³-hybridized carbons (Fsp3) is 0.200.